The van der Waals surface area contributed by atoms with Crippen molar-refractivity contribution in [3.05, 3.63) is 150 Å². The molecule has 3 atom stereocenters. The summed E-state index contributed by atoms with van der Waals surface area (Å²) in [4.78, 5) is 15.2. The summed E-state index contributed by atoms with van der Waals surface area (Å²) in [5.41, 5.74) is 6.61. The molecule has 5 aromatic rings. The Morgan fingerprint density at radius 2 is 1.45 bits per heavy atom. The summed E-state index contributed by atoms with van der Waals surface area (Å²) in [5.74, 6) is 1.44. The third kappa shape index (κ3) is 9.21. The van der Waals surface area contributed by atoms with Crippen molar-refractivity contribution in [3.63, 3.8) is 0 Å². The number of rotatable bonds is 11. The number of nitrogens with zero attached hydrogens (tertiary/aromatic N) is 1. The zero-order valence-electron chi connectivity index (χ0n) is 28.4. The molecule has 2 aliphatic rings. The fourth-order valence-electron chi connectivity index (χ4n) is 6.46. The van der Waals surface area contributed by atoms with E-state index >= 15 is 0 Å². The average Bonchev–Trinajstić information content (AvgIpc) is 3.19. The fourth-order valence-corrected chi connectivity index (χ4v) is 6.46. The van der Waals surface area contributed by atoms with Crippen LogP contribution in [0.25, 0.3) is 11.1 Å². The van der Waals surface area contributed by atoms with Crippen LogP contribution in [-0.4, -0.2) is 55.0 Å². The third-order valence-corrected chi connectivity index (χ3v) is 9.22. The minimum atomic E-state index is -0.527. The van der Waals surface area contributed by atoms with Gasteiger partial charge in [0.2, 0.25) is 0 Å². The number of hydrogen-bond acceptors (Lipinski definition) is 7. The maximum atomic E-state index is 12.8. The van der Waals surface area contributed by atoms with Crippen LogP contribution in [0.3, 0.4) is 0 Å². The highest BCUT2D eigenvalue weighted by molar-refractivity contribution is 5.89. The van der Waals surface area contributed by atoms with Crippen LogP contribution < -0.4 is 15.4 Å². The Hall–Kier alpha value is -5.03. The molecule has 2 amide bonds. The van der Waals surface area contributed by atoms with Crippen molar-refractivity contribution in [1.82, 2.24) is 10.2 Å². The molecule has 0 radical (unpaired) electrons. The SMILES string of the molecule is O=C(NCc1ccccc1-c1ccc(C2OC(CN3CCOCC3)CC(c3ccc(CO)cc3)O2)cc1)Nc1ccc(Oc2ccccc2)cc1. The molecule has 2 fully saturated rings. The fraction of sp³-hybridized carbons (Fsp3) is 0.262. The number of para-hydroxylation sites is 1. The number of nitrogens with one attached hydrogen (secondary N) is 2. The summed E-state index contributed by atoms with van der Waals surface area (Å²) >= 11 is 0. The van der Waals surface area contributed by atoms with Crippen molar-refractivity contribution >= 4 is 11.7 Å². The number of benzene rings is 5. The number of anilines is 1. The number of urea groups is 1. The molecule has 2 saturated heterocycles. The lowest BCUT2D eigenvalue weighted by Crippen LogP contribution is -2.44. The highest BCUT2D eigenvalue weighted by atomic mass is 16.7. The molecular formula is C42H43N3O6. The first-order chi connectivity index (χ1) is 25.1. The van der Waals surface area contributed by atoms with Crippen LogP contribution in [-0.2, 0) is 27.4 Å². The molecule has 5 aromatic carbocycles. The van der Waals surface area contributed by atoms with Gasteiger partial charge in [0.05, 0.1) is 32.0 Å². The lowest BCUT2D eigenvalue weighted by atomic mass is 9.97. The van der Waals surface area contributed by atoms with Gasteiger partial charge in [-0.1, -0.05) is 91.0 Å². The second-order valence-corrected chi connectivity index (χ2v) is 12.8. The van der Waals surface area contributed by atoms with Crippen LogP contribution >= 0.6 is 0 Å². The number of ether oxygens (including phenoxy) is 4. The summed E-state index contributed by atoms with van der Waals surface area (Å²) in [7, 11) is 0. The standard InChI is InChI=1S/C42H43N3O6/c46-29-30-10-12-32(13-11-30)40-26-38(28-45-22-24-48-25-23-45)50-41(51-40)33-16-14-31(15-17-33)39-9-5-4-6-34(39)27-43-42(47)44-35-18-20-37(21-19-35)49-36-7-2-1-3-8-36/h1-21,38,40-41,46H,22-29H2,(H2,43,44,47). The summed E-state index contributed by atoms with van der Waals surface area (Å²) in [6.45, 7) is 4.44. The molecule has 3 N–H and O–H groups in total. The molecule has 0 aromatic heterocycles. The Morgan fingerprint density at radius 1 is 0.765 bits per heavy atom. The Morgan fingerprint density at radius 3 is 2.20 bits per heavy atom. The van der Waals surface area contributed by atoms with Gasteiger partial charge in [0.15, 0.2) is 6.29 Å². The van der Waals surface area contributed by atoms with Gasteiger partial charge in [-0.2, -0.15) is 0 Å². The molecule has 9 nitrogen and oxygen atoms in total. The quantitative estimate of drug-likeness (QED) is 0.130. The molecule has 262 valence electrons. The van der Waals surface area contributed by atoms with Crippen molar-refractivity contribution in [2.75, 3.05) is 38.2 Å². The number of aliphatic hydroxyl groups is 1. The molecule has 0 bridgehead atoms. The molecule has 0 aliphatic carbocycles. The molecule has 9 heteroatoms. The zero-order chi connectivity index (χ0) is 34.8. The molecule has 2 heterocycles. The minimum Gasteiger partial charge on any atom is -0.457 e. The van der Waals surface area contributed by atoms with Gasteiger partial charge >= 0.3 is 6.03 Å². The van der Waals surface area contributed by atoms with E-state index in [1.807, 2.05) is 97.1 Å². The van der Waals surface area contributed by atoms with E-state index in [-0.39, 0.29) is 24.8 Å². The van der Waals surface area contributed by atoms with Crippen LogP contribution in [0.15, 0.2) is 127 Å². The number of aliphatic hydroxyl groups excluding tert-OH is 1. The third-order valence-electron chi connectivity index (χ3n) is 9.22. The van der Waals surface area contributed by atoms with Gasteiger partial charge in [-0.3, -0.25) is 4.90 Å². The molecule has 51 heavy (non-hydrogen) atoms. The van der Waals surface area contributed by atoms with E-state index in [0.717, 1.165) is 78.4 Å². The van der Waals surface area contributed by atoms with Crippen molar-refractivity contribution in [2.24, 2.45) is 0 Å². The van der Waals surface area contributed by atoms with E-state index in [2.05, 4.69) is 45.9 Å². The second kappa shape index (κ2) is 16.8. The predicted molar refractivity (Wildman–Crippen MR) is 196 cm³/mol. The minimum absolute atomic E-state index is 0.0103. The van der Waals surface area contributed by atoms with E-state index in [1.165, 1.54) is 0 Å². The first kappa shape index (κ1) is 34.4. The maximum absolute atomic E-state index is 12.8. The largest absolute Gasteiger partial charge is 0.457 e. The van der Waals surface area contributed by atoms with Gasteiger partial charge in [-0.25, -0.2) is 4.79 Å². The Kier molecular flexibility index (Phi) is 11.3. The number of hydrogen-bond donors (Lipinski definition) is 3. The van der Waals surface area contributed by atoms with E-state index in [1.54, 1.807) is 0 Å². The summed E-state index contributed by atoms with van der Waals surface area (Å²) in [6, 6.07) is 40.9. The molecule has 0 spiro atoms. The van der Waals surface area contributed by atoms with E-state index < -0.39 is 6.29 Å². The second-order valence-electron chi connectivity index (χ2n) is 12.8. The summed E-state index contributed by atoms with van der Waals surface area (Å²) < 4.78 is 24.6. The van der Waals surface area contributed by atoms with E-state index in [0.29, 0.717) is 18.0 Å². The molecular weight excluding hydrogens is 642 g/mol. The molecule has 3 unspecified atom stereocenters. The number of carbonyl (C=O) groups is 1. The maximum Gasteiger partial charge on any atom is 0.319 e. The summed E-state index contributed by atoms with van der Waals surface area (Å²) in [6.07, 6.45) is 0.0657. The number of carbonyl (C=O) groups excluding carboxylic acids is 1. The van der Waals surface area contributed by atoms with Gasteiger partial charge in [0.1, 0.15) is 11.5 Å². The molecule has 0 saturated carbocycles. The lowest BCUT2D eigenvalue weighted by Gasteiger charge is -2.39. The lowest BCUT2D eigenvalue weighted by molar-refractivity contribution is -0.253. The van der Waals surface area contributed by atoms with Gasteiger partial charge < -0.3 is 34.7 Å². The van der Waals surface area contributed by atoms with E-state index in [4.69, 9.17) is 18.9 Å². The first-order valence-electron chi connectivity index (χ1n) is 17.5. The normalized spacial score (nSPS) is 19.3. The highest BCUT2D eigenvalue weighted by Crippen LogP contribution is 2.39. The van der Waals surface area contributed by atoms with Gasteiger partial charge in [-0.15, -0.1) is 0 Å². The molecule has 7 rings (SSSR count). The monoisotopic (exact) mass is 685 g/mol. The average molecular weight is 686 g/mol. The Bertz CT molecular complexity index is 1850. The van der Waals surface area contributed by atoms with Crippen LogP contribution in [0.4, 0.5) is 10.5 Å². The van der Waals surface area contributed by atoms with Crippen molar-refractivity contribution in [3.8, 4) is 22.6 Å². The zero-order valence-corrected chi connectivity index (χ0v) is 28.4. The van der Waals surface area contributed by atoms with Crippen molar-refractivity contribution in [1.29, 1.82) is 0 Å². The van der Waals surface area contributed by atoms with Crippen LogP contribution in [0.5, 0.6) is 11.5 Å². The summed E-state index contributed by atoms with van der Waals surface area (Å²) in [5, 5.41) is 15.4. The highest BCUT2D eigenvalue weighted by Gasteiger charge is 2.33. The van der Waals surface area contributed by atoms with Crippen LogP contribution in [0, 0.1) is 0 Å². The van der Waals surface area contributed by atoms with Gasteiger partial charge in [0.25, 0.3) is 0 Å². The number of amides is 2. The Labute approximate surface area is 298 Å². The van der Waals surface area contributed by atoms with Gasteiger partial charge in [0, 0.05) is 43.9 Å². The van der Waals surface area contributed by atoms with E-state index in [9.17, 15) is 9.90 Å². The topological polar surface area (TPSA) is 102 Å². The van der Waals surface area contributed by atoms with Crippen molar-refractivity contribution < 1.29 is 28.8 Å². The molecule has 2 aliphatic heterocycles. The Balaban J connectivity index is 0.995. The van der Waals surface area contributed by atoms with Crippen LogP contribution in [0.1, 0.15) is 41.1 Å². The first-order valence-corrected chi connectivity index (χ1v) is 17.5. The van der Waals surface area contributed by atoms with Gasteiger partial charge in [-0.05, 0) is 64.2 Å². The van der Waals surface area contributed by atoms with Crippen molar-refractivity contribution in [2.45, 2.75) is 38.1 Å². The predicted octanol–water partition coefficient (Wildman–Crippen LogP) is 7.84. The smallest absolute Gasteiger partial charge is 0.319 e. The number of morpholine rings is 1. The van der Waals surface area contributed by atoms with Crippen LogP contribution in [0.2, 0.25) is 0 Å².